The maximum Gasteiger partial charge on any atom is 0.323 e. The van der Waals surface area contributed by atoms with Crippen molar-refractivity contribution in [3.8, 4) is 0 Å². The van der Waals surface area contributed by atoms with Crippen molar-refractivity contribution in [3.05, 3.63) is 30.1 Å². The molecule has 18 heavy (non-hydrogen) atoms. The highest BCUT2D eigenvalue weighted by atomic mass is 16.4. The molecule has 0 aliphatic heterocycles. The molecule has 0 radical (unpaired) electrons. The molecule has 0 aliphatic rings. The summed E-state index contributed by atoms with van der Waals surface area (Å²) in [5.74, 6) is -0.915. The number of amides is 1. The lowest BCUT2D eigenvalue weighted by Crippen LogP contribution is -2.39. The van der Waals surface area contributed by atoms with E-state index in [1.54, 1.807) is 24.5 Å². The Kier molecular flexibility index (Phi) is 5.30. The topological polar surface area (TPSA) is 70.5 Å². The van der Waals surface area contributed by atoms with Crippen molar-refractivity contribution in [2.24, 2.45) is 5.92 Å². The third-order valence-corrected chi connectivity index (χ3v) is 2.37. The molecule has 0 saturated heterocycles. The predicted molar refractivity (Wildman–Crippen MR) is 67.0 cm³/mol. The Morgan fingerprint density at radius 2 is 1.94 bits per heavy atom. The van der Waals surface area contributed by atoms with Gasteiger partial charge in [-0.05, 0) is 23.6 Å². The fourth-order valence-corrected chi connectivity index (χ4v) is 1.65. The largest absolute Gasteiger partial charge is 0.480 e. The van der Waals surface area contributed by atoms with Crippen LogP contribution in [0.25, 0.3) is 0 Å². The van der Waals surface area contributed by atoms with E-state index in [1.165, 1.54) is 4.90 Å². The molecule has 5 nitrogen and oxygen atoms in total. The van der Waals surface area contributed by atoms with Crippen LogP contribution in [0.4, 0.5) is 0 Å². The van der Waals surface area contributed by atoms with Crippen LogP contribution in [0.2, 0.25) is 0 Å². The average molecular weight is 250 g/mol. The highest BCUT2D eigenvalue weighted by molar-refractivity contribution is 5.82. The first-order valence-corrected chi connectivity index (χ1v) is 5.87. The smallest absolute Gasteiger partial charge is 0.323 e. The van der Waals surface area contributed by atoms with Crippen LogP contribution in [0.1, 0.15) is 19.4 Å². The van der Waals surface area contributed by atoms with E-state index in [1.807, 2.05) is 13.8 Å². The van der Waals surface area contributed by atoms with Gasteiger partial charge in [-0.1, -0.05) is 13.8 Å². The molecule has 98 valence electrons. The first kappa shape index (κ1) is 14.2. The van der Waals surface area contributed by atoms with Gasteiger partial charge in [0, 0.05) is 18.9 Å². The summed E-state index contributed by atoms with van der Waals surface area (Å²) in [4.78, 5) is 28.0. The van der Waals surface area contributed by atoms with Gasteiger partial charge in [-0.25, -0.2) is 0 Å². The van der Waals surface area contributed by atoms with Gasteiger partial charge in [0.25, 0.3) is 0 Å². The second-order valence-corrected chi connectivity index (χ2v) is 4.59. The maximum atomic E-state index is 12.0. The molecule has 0 fully saturated rings. The standard InChI is InChI=1S/C13H18N2O3/c1-10(2)8-15(9-13(17)18)12(16)7-11-3-5-14-6-4-11/h3-6,10H,7-9H2,1-2H3,(H,17,18). The Balaban J connectivity index is 2.67. The quantitative estimate of drug-likeness (QED) is 0.823. The molecule has 0 aromatic carbocycles. The summed E-state index contributed by atoms with van der Waals surface area (Å²) < 4.78 is 0. The zero-order chi connectivity index (χ0) is 13.5. The lowest BCUT2D eigenvalue weighted by atomic mass is 10.1. The Morgan fingerprint density at radius 1 is 1.33 bits per heavy atom. The van der Waals surface area contributed by atoms with Gasteiger partial charge in [-0.3, -0.25) is 14.6 Å². The number of hydrogen-bond donors (Lipinski definition) is 1. The summed E-state index contributed by atoms with van der Waals surface area (Å²) in [5, 5.41) is 8.81. The van der Waals surface area contributed by atoms with Crippen molar-refractivity contribution in [2.45, 2.75) is 20.3 Å². The molecule has 0 spiro atoms. The first-order chi connectivity index (χ1) is 8.49. The lowest BCUT2D eigenvalue weighted by molar-refractivity contribution is -0.144. The Morgan fingerprint density at radius 3 is 2.44 bits per heavy atom. The minimum atomic E-state index is -0.987. The summed E-state index contributed by atoms with van der Waals surface area (Å²) >= 11 is 0. The summed E-state index contributed by atoms with van der Waals surface area (Å²) in [6, 6.07) is 3.51. The first-order valence-electron chi connectivity index (χ1n) is 5.87. The molecule has 0 saturated carbocycles. The SMILES string of the molecule is CC(C)CN(CC(=O)O)C(=O)Cc1ccncc1. The summed E-state index contributed by atoms with van der Waals surface area (Å²) in [5.41, 5.74) is 0.842. The van der Waals surface area contributed by atoms with Crippen LogP contribution < -0.4 is 0 Å². The van der Waals surface area contributed by atoms with Crippen LogP contribution >= 0.6 is 0 Å². The van der Waals surface area contributed by atoms with Crippen molar-refractivity contribution < 1.29 is 14.7 Å². The van der Waals surface area contributed by atoms with Crippen molar-refractivity contribution in [1.82, 2.24) is 9.88 Å². The van der Waals surface area contributed by atoms with Gasteiger partial charge >= 0.3 is 5.97 Å². The number of aliphatic carboxylic acids is 1. The van der Waals surface area contributed by atoms with E-state index < -0.39 is 5.97 Å². The van der Waals surface area contributed by atoms with Crippen LogP contribution in [0.5, 0.6) is 0 Å². The van der Waals surface area contributed by atoms with E-state index in [0.717, 1.165) is 5.56 Å². The molecule has 0 atom stereocenters. The van der Waals surface area contributed by atoms with Crippen molar-refractivity contribution in [1.29, 1.82) is 0 Å². The van der Waals surface area contributed by atoms with Crippen LogP contribution in [0, 0.1) is 5.92 Å². The minimum absolute atomic E-state index is 0.169. The number of carbonyl (C=O) groups excluding carboxylic acids is 1. The molecule has 0 unspecified atom stereocenters. The second-order valence-electron chi connectivity index (χ2n) is 4.59. The summed E-state index contributed by atoms with van der Waals surface area (Å²) in [7, 11) is 0. The molecule has 1 aromatic heterocycles. The normalized spacial score (nSPS) is 10.4. The minimum Gasteiger partial charge on any atom is -0.480 e. The molecule has 0 bridgehead atoms. The van der Waals surface area contributed by atoms with Crippen LogP contribution in [0.3, 0.4) is 0 Å². The fraction of sp³-hybridized carbons (Fsp3) is 0.462. The monoisotopic (exact) mass is 250 g/mol. The Hall–Kier alpha value is -1.91. The molecular weight excluding hydrogens is 232 g/mol. The fourth-order valence-electron chi connectivity index (χ4n) is 1.65. The number of hydrogen-bond acceptors (Lipinski definition) is 3. The average Bonchev–Trinajstić information content (AvgIpc) is 2.28. The number of carboxylic acid groups (broad SMARTS) is 1. The van der Waals surface area contributed by atoms with E-state index in [0.29, 0.717) is 6.54 Å². The van der Waals surface area contributed by atoms with Crippen molar-refractivity contribution in [2.75, 3.05) is 13.1 Å². The third kappa shape index (κ3) is 4.95. The van der Waals surface area contributed by atoms with Crippen molar-refractivity contribution in [3.63, 3.8) is 0 Å². The third-order valence-electron chi connectivity index (χ3n) is 2.37. The Bertz CT molecular complexity index is 404. The zero-order valence-electron chi connectivity index (χ0n) is 10.7. The zero-order valence-corrected chi connectivity index (χ0v) is 10.7. The van der Waals surface area contributed by atoms with Crippen molar-refractivity contribution >= 4 is 11.9 Å². The highest BCUT2D eigenvalue weighted by Crippen LogP contribution is 2.05. The molecular formula is C13H18N2O3. The lowest BCUT2D eigenvalue weighted by Gasteiger charge is -2.22. The molecule has 1 heterocycles. The highest BCUT2D eigenvalue weighted by Gasteiger charge is 2.17. The molecule has 5 heteroatoms. The molecule has 1 N–H and O–H groups in total. The molecule has 1 rings (SSSR count). The maximum absolute atomic E-state index is 12.0. The van der Waals surface area contributed by atoms with E-state index in [-0.39, 0.29) is 24.8 Å². The van der Waals surface area contributed by atoms with Gasteiger partial charge in [-0.2, -0.15) is 0 Å². The van der Waals surface area contributed by atoms with Gasteiger partial charge in [-0.15, -0.1) is 0 Å². The van der Waals surface area contributed by atoms with Crippen LogP contribution in [0.15, 0.2) is 24.5 Å². The number of aromatic nitrogens is 1. The number of carbonyl (C=O) groups is 2. The van der Waals surface area contributed by atoms with E-state index >= 15 is 0 Å². The number of nitrogens with zero attached hydrogens (tertiary/aromatic N) is 2. The number of pyridine rings is 1. The van der Waals surface area contributed by atoms with E-state index in [9.17, 15) is 9.59 Å². The molecule has 1 aromatic rings. The second kappa shape index (κ2) is 6.74. The van der Waals surface area contributed by atoms with Gasteiger partial charge in [0.2, 0.25) is 5.91 Å². The van der Waals surface area contributed by atoms with Crippen LogP contribution in [-0.4, -0.2) is 40.0 Å². The summed E-state index contributed by atoms with van der Waals surface area (Å²) in [6.45, 7) is 4.11. The van der Waals surface area contributed by atoms with E-state index in [2.05, 4.69) is 4.98 Å². The number of rotatable bonds is 6. The van der Waals surface area contributed by atoms with E-state index in [4.69, 9.17) is 5.11 Å². The molecule has 1 amide bonds. The van der Waals surface area contributed by atoms with Crippen LogP contribution in [-0.2, 0) is 16.0 Å². The van der Waals surface area contributed by atoms with Gasteiger partial charge in [0.15, 0.2) is 0 Å². The van der Waals surface area contributed by atoms with Gasteiger partial charge in [0.1, 0.15) is 6.54 Å². The number of carboxylic acids is 1. The Labute approximate surface area is 106 Å². The predicted octanol–water partition coefficient (Wildman–Crippen LogP) is 1.19. The van der Waals surface area contributed by atoms with Gasteiger partial charge < -0.3 is 10.0 Å². The molecule has 0 aliphatic carbocycles. The van der Waals surface area contributed by atoms with Gasteiger partial charge in [0.05, 0.1) is 6.42 Å². The summed E-state index contributed by atoms with van der Waals surface area (Å²) in [6.07, 6.45) is 3.45.